The number of benzene rings is 8. The van der Waals surface area contributed by atoms with Gasteiger partial charge in [0.05, 0.1) is 38.8 Å². The molecule has 5 heterocycles. The van der Waals surface area contributed by atoms with Crippen LogP contribution in [0.25, 0.3) is 105 Å². The van der Waals surface area contributed by atoms with Gasteiger partial charge in [0.25, 0.3) is 0 Å². The van der Waals surface area contributed by atoms with Gasteiger partial charge in [0, 0.05) is 38.0 Å². The number of hydrogen-bond acceptors (Lipinski definition) is 3. The third-order valence-corrected chi connectivity index (χ3v) is 14.3. The quantitative estimate of drug-likeness (QED) is 0.168. The Morgan fingerprint density at radius 2 is 0.860 bits per heavy atom. The Kier molecular flexibility index (Phi) is 6.16. The topological polar surface area (TPSA) is 53.4 Å². The molecular formula is C50H31N4O2Si. The number of imidazole rings is 2. The van der Waals surface area contributed by atoms with Crippen molar-refractivity contribution in [1.82, 2.24) is 18.5 Å². The van der Waals surface area contributed by atoms with Gasteiger partial charge < -0.3 is 13.4 Å². The lowest BCUT2D eigenvalue weighted by Gasteiger charge is -2.11. The third kappa shape index (κ3) is 4.31. The first-order valence-corrected chi connectivity index (χ1v) is 21.3. The molecule has 0 amide bonds. The summed E-state index contributed by atoms with van der Waals surface area (Å²) >= 11 is 0. The van der Waals surface area contributed by atoms with Crippen LogP contribution in [-0.2, 0) is 0 Å². The minimum absolute atomic E-state index is 0.877. The lowest BCUT2D eigenvalue weighted by atomic mass is 10.1. The van der Waals surface area contributed by atoms with Crippen LogP contribution in [0.3, 0.4) is 0 Å². The number of para-hydroxylation sites is 6. The van der Waals surface area contributed by atoms with Gasteiger partial charge in [0.15, 0.2) is 0 Å². The number of furan rings is 2. The summed E-state index contributed by atoms with van der Waals surface area (Å²) in [5, 5.41) is 9.66. The fraction of sp³-hybridized carbons (Fsp3) is 0.0200. The number of hydrogen-bond donors (Lipinski definition) is 0. The van der Waals surface area contributed by atoms with Crippen molar-refractivity contribution in [2.45, 2.75) is 6.55 Å². The molecule has 1 radical (unpaired) electrons. The molecule has 5 aromatic heterocycles. The predicted octanol–water partition coefficient (Wildman–Crippen LogP) is 11.6. The molecule has 0 saturated heterocycles. The van der Waals surface area contributed by atoms with E-state index in [9.17, 15) is 0 Å². The van der Waals surface area contributed by atoms with Crippen molar-refractivity contribution in [1.29, 1.82) is 0 Å². The lowest BCUT2D eigenvalue weighted by molar-refractivity contribution is 0.668. The highest BCUT2D eigenvalue weighted by atomic mass is 28.3. The molecule has 0 unspecified atom stereocenters. The summed E-state index contributed by atoms with van der Waals surface area (Å²) in [6.45, 7) is 2.39. The second kappa shape index (κ2) is 11.3. The smallest absolute Gasteiger partial charge is 0.220 e. The normalized spacial score (nSPS) is 12.5. The van der Waals surface area contributed by atoms with Gasteiger partial charge in [-0.3, -0.25) is 8.97 Å². The summed E-state index contributed by atoms with van der Waals surface area (Å²) in [7, 11) is -1.16. The first kappa shape index (κ1) is 30.9. The summed E-state index contributed by atoms with van der Waals surface area (Å²) in [6.07, 6.45) is 0. The lowest BCUT2D eigenvalue weighted by Crippen LogP contribution is -2.38. The van der Waals surface area contributed by atoms with Crippen molar-refractivity contribution < 1.29 is 8.83 Å². The molecule has 0 fully saturated rings. The van der Waals surface area contributed by atoms with Crippen molar-refractivity contribution in [2.75, 3.05) is 0 Å². The van der Waals surface area contributed by atoms with Crippen LogP contribution in [-0.4, -0.2) is 27.3 Å². The molecule has 0 N–H and O–H groups in total. The molecule has 0 bridgehead atoms. The van der Waals surface area contributed by atoms with Crippen LogP contribution < -0.4 is 10.4 Å². The zero-order chi connectivity index (χ0) is 37.4. The average Bonchev–Trinajstić information content (AvgIpc) is 4.06. The average molecular weight is 748 g/mol. The van der Waals surface area contributed by atoms with E-state index in [0.717, 1.165) is 83.1 Å². The van der Waals surface area contributed by atoms with Crippen molar-refractivity contribution in [2.24, 2.45) is 0 Å². The van der Waals surface area contributed by atoms with E-state index in [4.69, 9.17) is 13.8 Å². The molecule has 6 nitrogen and oxygen atoms in total. The number of nitrogens with zero attached hydrogens (tertiary/aromatic N) is 4. The van der Waals surface area contributed by atoms with E-state index in [0.29, 0.717) is 0 Å². The van der Waals surface area contributed by atoms with Crippen LogP contribution in [0.1, 0.15) is 0 Å². The number of fused-ring (bicyclic) bond motifs is 14. The summed E-state index contributed by atoms with van der Waals surface area (Å²) in [6, 6.07) is 60.8. The molecule has 57 heavy (non-hydrogen) atoms. The van der Waals surface area contributed by atoms with Crippen molar-refractivity contribution in [3.63, 3.8) is 0 Å². The van der Waals surface area contributed by atoms with Gasteiger partial charge in [0.2, 0.25) is 5.78 Å². The highest BCUT2D eigenvalue weighted by Crippen LogP contribution is 2.37. The number of aromatic nitrogens is 4. The minimum atomic E-state index is -1.16. The molecule has 0 saturated carbocycles. The molecule has 13 aromatic rings. The second-order valence-electron chi connectivity index (χ2n) is 15.0. The molecule has 0 aliphatic heterocycles. The van der Waals surface area contributed by atoms with Gasteiger partial charge in [-0.05, 0) is 84.9 Å². The maximum atomic E-state index is 6.45. The zero-order valence-electron chi connectivity index (χ0n) is 30.8. The van der Waals surface area contributed by atoms with Crippen LogP contribution in [0.4, 0.5) is 0 Å². The monoisotopic (exact) mass is 747 g/mol. The summed E-state index contributed by atoms with van der Waals surface area (Å²) in [5.74, 6) is 0.897. The van der Waals surface area contributed by atoms with E-state index in [-0.39, 0.29) is 0 Å². The van der Waals surface area contributed by atoms with Crippen LogP contribution in [0, 0.1) is 0 Å². The Morgan fingerprint density at radius 1 is 0.404 bits per heavy atom. The fourth-order valence-corrected chi connectivity index (χ4v) is 11.0. The first-order chi connectivity index (χ1) is 28.2. The molecule has 13 rings (SSSR count). The molecule has 267 valence electrons. The SMILES string of the molecule is C[Si](c1ccc2oc3ccc(-n4c5ccccc5c5ccccc54)cc3c2c1)c1ccc2oc3ccc(-n4c5ccccc5n5c6ccccc6nc45)cc3c2c1. The Morgan fingerprint density at radius 3 is 1.46 bits per heavy atom. The highest BCUT2D eigenvalue weighted by molar-refractivity contribution is 6.84. The van der Waals surface area contributed by atoms with Crippen molar-refractivity contribution in [3.8, 4) is 11.4 Å². The summed E-state index contributed by atoms with van der Waals surface area (Å²) < 4.78 is 19.8. The van der Waals surface area contributed by atoms with E-state index in [1.54, 1.807) is 0 Å². The van der Waals surface area contributed by atoms with Gasteiger partial charge in [-0.1, -0.05) is 102 Å². The number of rotatable bonds is 4. The van der Waals surface area contributed by atoms with Crippen molar-refractivity contribution >= 4 is 113 Å². The molecule has 0 aliphatic carbocycles. The second-order valence-corrected chi connectivity index (χ2v) is 17.4. The molecule has 8 aromatic carbocycles. The summed E-state index contributed by atoms with van der Waals surface area (Å²) in [5.41, 5.74) is 12.5. The van der Waals surface area contributed by atoms with Gasteiger partial charge in [-0.15, -0.1) is 0 Å². The summed E-state index contributed by atoms with van der Waals surface area (Å²) in [4.78, 5) is 5.11. The molecule has 0 atom stereocenters. The maximum Gasteiger partial charge on any atom is 0.220 e. The predicted molar refractivity (Wildman–Crippen MR) is 236 cm³/mol. The molecular weight excluding hydrogens is 717 g/mol. The molecule has 0 aliphatic rings. The minimum Gasteiger partial charge on any atom is -0.456 e. The van der Waals surface area contributed by atoms with Crippen LogP contribution in [0.15, 0.2) is 179 Å². The van der Waals surface area contributed by atoms with Crippen LogP contribution >= 0.6 is 0 Å². The fourth-order valence-electron chi connectivity index (χ4n) is 9.25. The van der Waals surface area contributed by atoms with E-state index >= 15 is 0 Å². The molecule has 0 spiro atoms. The van der Waals surface area contributed by atoms with Gasteiger partial charge in [-0.25, -0.2) is 4.98 Å². The zero-order valence-corrected chi connectivity index (χ0v) is 31.8. The Hall–Kier alpha value is -7.35. The molecule has 7 heteroatoms. The van der Waals surface area contributed by atoms with E-state index in [2.05, 4.69) is 184 Å². The third-order valence-electron chi connectivity index (χ3n) is 12.0. The van der Waals surface area contributed by atoms with E-state index < -0.39 is 8.80 Å². The van der Waals surface area contributed by atoms with Crippen LogP contribution in [0.5, 0.6) is 0 Å². The highest BCUT2D eigenvalue weighted by Gasteiger charge is 2.21. The van der Waals surface area contributed by atoms with Gasteiger partial charge >= 0.3 is 0 Å². The maximum absolute atomic E-state index is 6.45. The van der Waals surface area contributed by atoms with Gasteiger partial charge in [-0.2, -0.15) is 0 Å². The van der Waals surface area contributed by atoms with E-state index in [1.807, 2.05) is 6.07 Å². The largest absolute Gasteiger partial charge is 0.456 e. The standard InChI is InChI=1S/C50H31N4O2Si/c1-57(32-20-24-48-38(28-32)36-26-30(18-22-46(36)55-48)52-41-13-5-2-10-34(41)35-11-3-6-14-42(35)52)33-21-25-49-39(29-33)37-27-31(19-23-47(37)56-49)53-44-16-8-9-17-45(44)54-43-15-7-4-12-40(43)51-50(53)54/h2-29H,1H3. The van der Waals surface area contributed by atoms with Gasteiger partial charge in [0.1, 0.15) is 31.1 Å². The Bertz CT molecular complexity index is 3750. The first-order valence-electron chi connectivity index (χ1n) is 19.3. The Balaban J connectivity index is 0.929. The van der Waals surface area contributed by atoms with Crippen LogP contribution in [0.2, 0.25) is 6.55 Å². The Labute approximate surface area is 326 Å². The van der Waals surface area contributed by atoms with Crippen molar-refractivity contribution in [3.05, 3.63) is 170 Å². The van der Waals surface area contributed by atoms with E-state index in [1.165, 1.54) is 32.2 Å².